The van der Waals surface area contributed by atoms with Crippen LogP contribution in [-0.2, 0) is 14.4 Å². The molecule has 1 aliphatic rings. The van der Waals surface area contributed by atoms with E-state index in [4.69, 9.17) is 0 Å². The number of imide groups is 1. The highest BCUT2D eigenvalue weighted by Crippen LogP contribution is 2.29. The van der Waals surface area contributed by atoms with Gasteiger partial charge in [-0.3, -0.25) is 14.4 Å². The Morgan fingerprint density at radius 3 is 2.26 bits per heavy atom. The molecule has 0 aromatic heterocycles. The molecule has 0 spiro atoms. The van der Waals surface area contributed by atoms with E-state index in [-0.39, 0.29) is 29.2 Å². The van der Waals surface area contributed by atoms with E-state index in [0.29, 0.717) is 22.6 Å². The van der Waals surface area contributed by atoms with E-state index in [2.05, 4.69) is 16.0 Å². The predicted molar refractivity (Wildman–Crippen MR) is 122 cm³/mol. The first-order chi connectivity index (χ1) is 14.8. The Morgan fingerprint density at radius 1 is 1.00 bits per heavy atom. The second kappa shape index (κ2) is 9.65. The number of benzene rings is 2. The number of rotatable bonds is 7. The third kappa shape index (κ3) is 5.43. The van der Waals surface area contributed by atoms with Gasteiger partial charge in [-0.05, 0) is 50.6 Å². The number of nitrogens with zero attached hydrogens (tertiary/aromatic N) is 1. The molecule has 0 radical (unpaired) electrons. The first-order valence-corrected chi connectivity index (χ1v) is 10.9. The van der Waals surface area contributed by atoms with Crippen molar-refractivity contribution in [3.63, 3.8) is 0 Å². The molecule has 1 fully saturated rings. The van der Waals surface area contributed by atoms with Crippen LogP contribution < -0.4 is 20.9 Å². The largest absolute Gasteiger partial charge is 0.329 e. The van der Waals surface area contributed by atoms with Gasteiger partial charge in [-0.25, -0.2) is 9.69 Å². The highest BCUT2D eigenvalue weighted by atomic mass is 32.2. The van der Waals surface area contributed by atoms with Gasteiger partial charge < -0.3 is 16.0 Å². The van der Waals surface area contributed by atoms with E-state index in [9.17, 15) is 19.2 Å². The molecular formula is C22H24N4O4S. The van der Waals surface area contributed by atoms with Crippen LogP contribution in [0, 0.1) is 13.8 Å². The van der Waals surface area contributed by atoms with Gasteiger partial charge in [-0.1, -0.05) is 23.8 Å². The standard InChI is InChI=1S/C22H24N4O4S/c1-13-7-9-16(10-8-13)24-19(27)11-31-12-20(28)25-17-5-4-6-18(14(17)2)26-21(29)15(3)23-22(26)30/h4-10,15H,11-12H2,1-3H3,(H,23,30)(H,24,27)(H,25,28). The molecule has 1 aliphatic heterocycles. The maximum Gasteiger partial charge on any atom is 0.329 e. The zero-order valence-electron chi connectivity index (χ0n) is 17.5. The summed E-state index contributed by atoms with van der Waals surface area (Å²) >= 11 is 1.19. The molecule has 162 valence electrons. The summed E-state index contributed by atoms with van der Waals surface area (Å²) < 4.78 is 0. The summed E-state index contributed by atoms with van der Waals surface area (Å²) in [6.45, 7) is 5.32. The van der Waals surface area contributed by atoms with E-state index in [1.54, 1.807) is 32.0 Å². The number of anilines is 3. The van der Waals surface area contributed by atoms with Gasteiger partial charge in [0.05, 0.1) is 17.2 Å². The van der Waals surface area contributed by atoms with Gasteiger partial charge in [0, 0.05) is 11.4 Å². The highest BCUT2D eigenvalue weighted by Gasteiger charge is 2.37. The number of nitrogens with one attached hydrogen (secondary N) is 3. The summed E-state index contributed by atoms with van der Waals surface area (Å²) in [5, 5.41) is 8.14. The highest BCUT2D eigenvalue weighted by molar-refractivity contribution is 8.00. The minimum Gasteiger partial charge on any atom is -0.326 e. The van der Waals surface area contributed by atoms with E-state index < -0.39 is 12.1 Å². The van der Waals surface area contributed by atoms with Gasteiger partial charge in [-0.15, -0.1) is 11.8 Å². The van der Waals surface area contributed by atoms with Crippen LogP contribution in [0.1, 0.15) is 18.1 Å². The van der Waals surface area contributed by atoms with Crippen molar-refractivity contribution in [2.45, 2.75) is 26.8 Å². The number of carbonyl (C=O) groups is 4. The van der Waals surface area contributed by atoms with Crippen molar-refractivity contribution in [3.05, 3.63) is 53.6 Å². The molecule has 1 saturated heterocycles. The normalized spacial score (nSPS) is 15.6. The lowest BCUT2D eigenvalue weighted by Gasteiger charge is -2.18. The van der Waals surface area contributed by atoms with Crippen LogP contribution in [0.15, 0.2) is 42.5 Å². The first kappa shape index (κ1) is 22.4. The van der Waals surface area contributed by atoms with Gasteiger partial charge in [0.15, 0.2) is 0 Å². The van der Waals surface area contributed by atoms with E-state index >= 15 is 0 Å². The van der Waals surface area contributed by atoms with Crippen LogP contribution >= 0.6 is 11.8 Å². The lowest BCUT2D eigenvalue weighted by atomic mass is 10.1. The Labute approximate surface area is 184 Å². The molecule has 0 bridgehead atoms. The van der Waals surface area contributed by atoms with Gasteiger partial charge in [0.2, 0.25) is 11.8 Å². The number of amides is 5. The second-order valence-corrected chi connectivity index (χ2v) is 8.24. The minimum atomic E-state index is -0.590. The maximum absolute atomic E-state index is 12.3. The molecule has 31 heavy (non-hydrogen) atoms. The van der Waals surface area contributed by atoms with E-state index in [1.807, 2.05) is 31.2 Å². The molecule has 1 atom stereocenters. The number of carbonyl (C=O) groups excluding carboxylic acids is 4. The Bertz CT molecular complexity index is 1020. The molecule has 1 heterocycles. The van der Waals surface area contributed by atoms with Gasteiger partial charge >= 0.3 is 6.03 Å². The summed E-state index contributed by atoms with van der Waals surface area (Å²) in [6.07, 6.45) is 0. The lowest BCUT2D eigenvalue weighted by molar-refractivity contribution is -0.118. The zero-order chi connectivity index (χ0) is 22.5. The zero-order valence-corrected chi connectivity index (χ0v) is 18.3. The monoisotopic (exact) mass is 440 g/mol. The first-order valence-electron chi connectivity index (χ1n) is 9.74. The SMILES string of the molecule is Cc1ccc(NC(=O)CSCC(=O)Nc2cccc(N3C(=O)NC(C)C3=O)c2C)cc1. The van der Waals surface area contributed by atoms with Crippen molar-refractivity contribution in [1.29, 1.82) is 0 Å². The predicted octanol–water partition coefficient (Wildman–Crippen LogP) is 3.06. The minimum absolute atomic E-state index is 0.0884. The van der Waals surface area contributed by atoms with Gasteiger partial charge in [-0.2, -0.15) is 0 Å². The second-order valence-electron chi connectivity index (χ2n) is 7.25. The average Bonchev–Trinajstić information content (AvgIpc) is 2.97. The van der Waals surface area contributed by atoms with Gasteiger partial charge in [0.25, 0.3) is 5.91 Å². The molecule has 3 N–H and O–H groups in total. The molecular weight excluding hydrogens is 416 g/mol. The molecule has 9 heteroatoms. The van der Waals surface area contributed by atoms with Gasteiger partial charge in [0.1, 0.15) is 6.04 Å². The van der Waals surface area contributed by atoms with Crippen molar-refractivity contribution in [3.8, 4) is 0 Å². The van der Waals surface area contributed by atoms with Crippen molar-refractivity contribution in [2.24, 2.45) is 0 Å². The fourth-order valence-corrected chi connectivity index (χ4v) is 3.71. The summed E-state index contributed by atoms with van der Waals surface area (Å²) in [7, 11) is 0. The third-order valence-corrected chi connectivity index (χ3v) is 5.69. The van der Waals surface area contributed by atoms with Crippen LogP contribution in [0.3, 0.4) is 0 Å². The summed E-state index contributed by atoms with van der Waals surface area (Å²) in [6, 6.07) is 11.4. The van der Waals surface area contributed by atoms with E-state index in [0.717, 1.165) is 10.5 Å². The summed E-state index contributed by atoms with van der Waals surface area (Å²) in [5.74, 6) is -0.579. The molecule has 0 aliphatic carbocycles. The lowest BCUT2D eigenvalue weighted by Crippen LogP contribution is -2.31. The number of urea groups is 1. The third-order valence-electron chi connectivity index (χ3n) is 4.76. The van der Waals surface area contributed by atoms with Crippen LogP contribution in [0.5, 0.6) is 0 Å². The quantitative estimate of drug-likeness (QED) is 0.574. The smallest absolute Gasteiger partial charge is 0.326 e. The molecule has 2 aromatic rings. The van der Waals surface area contributed by atoms with Crippen LogP contribution in [-0.4, -0.2) is 41.3 Å². The van der Waals surface area contributed by atoms with Crippen LogP contribution in [0.4, 0.5) is 21.9 Å². The molecule has 0 saturated carbocycles. The molecule has 3 rings (SSSR count). The average molecular weight is 441 g/mol. The molecule has 8 nitrogen and oxygen atoms in total. The van der Waals surface area contributed by atoms with Crippen molar-refractivity contribution in [2.75, 3.05) is 27.0 Å². The fourth-order valence-electron chi connectivity index (χ4n) is 3.09. The Balaban J connectivity index is 1.54. The fraction of sp³-hybridized carbons (Fsp3) is 0.273. The summed E-state index contributed by atoms with van der Waals surface area (Å²) in [4.78, 5) is 49.8. The van der Waals surface area contributed by atoms with Crippen LogP contribution in [0.25, 0.3) is 0 Å². The number of aryl methyl sites for hydroxylation is 1. The van der Waals surface area contributed by atoms with Crippen molar-refractivity contribution in [1.82, 2.24) is 5.32 Å². The Kier molecular flexibility index (Phi) is 6.96. The molecule has 2 aromatic carbocycles. The maximum atomic E-state index is 12.3. The summed E-state index contributed by atoms with van der Waals surface area (Å²) in [5.41, 5.74) is 3.35. The molecule has 5 amide bonds. The van der Waals surface area contributed by atoms with Crippen LogP contribution in [0.2, 0.25) is 0 Å². The topological polar surface area (TPSA) is 108 Å². The van der Waals surface area contributed by atoms with E-state index in [1.165, 1.54) is 11.8 Å². The number of thioether (sulfide) groups is 1. The Hall–Kier alpha value is -3.33. The Morgan fingerprint density at radius 2 is 1.65 bits per heavy atom. The number of hydrogen-bond acceptors (Lipinski definition) is 5. The number of hydrogen-bond donors (Lipinski definition) is 3. The van der Waals surface area contributed by atoms with Crippen molar-refractivity contribution >= 4 is 52.6 Å². The molecule has 1 unspecified atom stereocenters. The van der Waals surface area contributed by atoms with Crippen molar-refractivity contribution < 1.29 is 19.2 Å².